The molecule has 0 atom stereocenters. The van der Waals surface area contributed by atoms with Crippen LogP contribution >= 0.6 is 0 Å². The van der Waals surface area contributed by atoms with Crippen LogP contribution in [0.1, 0.15) is 40.5 Å². The van der Waals surface area contributed by atoms with Crippen molar-refractivity contribution in [3.05, 3.63) is 0 Å². The Morgan fingerprint density at radius 2 is 1.33 bits per heavy atom. The van der Waals surface area contributed by atoms with Gasteiger partial charge in [-0.1, -0.05) is 52.5 Å². The van der Waals surface area contributed by atoms with Crippen molar-refractivity contribution in [2.75, 3.05) is 0 Å². The molecular weight excluding hydrogens is 124 g/mol. The van der Waals surface area contributed by atoms with Gasteiger partial charge in [-0.2, -0.15) is 0 Å². The third-order valence-corrected chi connectivity index (χ3v) is 2.95. The Bertz CT molecular complexity index is 31.5. The first-order valence-electron chi connectivity index (χ1n) is 4.18. The molecular formula is C8H22Si. The molecule has 0 fully saturated rings. The lowest BCUT2D eigenvalue weighted by Crippen LogP contribution is -1.80. The summed E-state index contributed by atoms with van der Waals surface area (Å²) in [4.78, 5) is 0. The molecule has 0 aromatic rings. The number of hydrogen-bond acceptors (Lipinski definition) is 0. The molecule has 0 aromatic heterocycles. The maximum Gasteiger partial charge on any atom is 0.00312 e. The molecule has 0 aliphatic carbocycles. The van der Waals surface area contributed by atoms with Gasteiger partial charge >= 0.3 is 0 Å². The predicted octanol–water partition coefficient (Wildman–Crippen LogP) is 2.23. The fourth-order valence-corrected chi connectivity index (χ4v) is 0. The highest BCUT2D eigenvalue weighted by Crippen LogP contribution is 1.92. The van der Waals surface area contributed by atoms with Gasteiger partial charge in [-0.15, -0.1) is 0 Å². The molecule has 0 rings (SSSR count). The van der Waals surface area contributed by atoms with E-state index in [1.165, 1.54) is 29.1 Å². The second-order valence-corrected chi connectivity index (χ2v) is 3.62. The molecule has 0 nitrogen and oxygen atoms in total. The minimum Gasteiger partial charge on any atom is -0.0654 e. The minimum atomic E-state index is 0.946. The van der Waals surface area contributed by atoms with Crippen molar-refractivity contribution in [3.63, 3.8) is 0 Å². The molecule has 0 unspecified atom stereocenters. The molecule has 0 heterocycles. The maximum atomic E-state index is 2.26. The van der Waals surface area contributed by atoms with Crippen LogP contribution in [-0.2, 0) is 0 Å². The van der Waals surface area contributed by atoms with E-state index in [-0.39, 0.29) is 0 Å². The molecule has 9 heavy (non-hydrogen) atoms. The molecule has 0 amide bonds. The van der Waals surface area contributed by atoms with Gasteiger partial charge in [0.15, 0.2) is 0 Å². The van der Waals surface area contributed by atoms with Crippen LogP contribution in [0.15, 0.2) is 0 Å². The van der Waals surface area contributed by atoms with Crippen LogP contribution in [0, 0.1) is 5.92 Å². The van der Waals surface area contributed by atoms with Crippen molar-refractivity contribution >= 4 is 10.2 Å². The van der Waals surface area contributed by atoms with Gasteiger partial charge < -0.3 is 0 Å². The van der Waals surface area contributed by atoms with Crippen LogP contribution in [-0.4, -0.2) is 10.2 Å². The van der Waals surface area contributed by atoms with E-state index in [0.29, 0.717) is 0 Å². The fraction of sp³-hybridized carbons (Fsp3) is 1.00. The summed E-state index contributed by atoms with van der Waals surface area (Å²) in [5, 5.41) is 0. The second-order valence-electron chi connectivity index (χ2n) is 2.80. The average Bonchev–Trinajstić information content (AvgIpc) is 1.89. The summed E-state index contributed by atoms with van der Waals surface area (Å²) in [6.07, 6.45) is 2.64. The van der Waals surface area contributed by atoms with Crippen molar-refractivity contribution in [1.82, 2.24) is 0 Å². The van der Waals surface area contributed by atoms with E-state index < -0.39 is 0 Å². The van der Waals surface area contributed by atoms with Crippen molar-refractivity contribution in [2.24, 2.45) is 5.92 Å². The smallest absolute Gasteiger partial charge is 0.00312 e. The zero-order chi connectivity index (χ0) is 7.70. The van der Waals surface area contributed by atoms with Crippen molar-refractivity contribution in [1.29, 1.82) is 0 Å². The van der Waals surface area contributed by atoms with Gasteiger partial charge in [0.05, 0.1) is 0 Å². The second kappa shape index (κ2) is 11.1. The molecule has 0 aromatic carbocycles. The van der Waals surface area contributed by atoms with E-state index in [9.17, 15) is 0 Å². The van der Waals surface area contributed by atoms with Crippen LogP contribution in [0.25, 0.3) is 0 Å². The highest BCUT2D eigenvalue weighted by atomic mass is 28.1. The third-order valence-electron chi connectivity index (χ3n) is 1.32. The van der Waals surface area contributed by atoms with E-state index >= 15 is 0 Å². The monoisotopic (exact) mass is 146 g/mol. The van der Waals surface area contributed by atoms with Crippen LogP contribution in [0.4, 0.5) is 0 Å². The largest absolute Gasteiger partial charge is 0.0654 e. The summed E-state index contributed by atoms with van der Waals surface area (Å²) in [7, 11) is 1.37. The lowest BCUT2D eigenvalue weighted by Gasteiger charge is -1.90. The highest BCUT2D eigenvalue weighted by molar-refractivity contribution is 6.08. The van der Waals surface area contributed by atoms with Crippen molar-refractivity contribution in [2.45, 2.75) is 46.6 Å². The zero-order valence-corrected chi connectivity index (χ0v) is 9.70. The first-order valence-corrected chi connectivity index (χ1v) is 5.60. The van der Waals surface area contributed by atoms with Gasteiger partial charge in [0, 0.05) is 10.2 Å². The molecule has 0 bridgehead atoms. The van der Waals surface area contributed by atoms with E-state index in [1.54, 1.807) is 0 Å². The molecule has 0 saturated carbocycles. The standard InChI is InChI=1S/C4H12Si.C4H10/c1-4(2)3-5;1-3-4-2/h4H,3H2,1-2,5H3;3-4H2,1-2H3. The normalized spacial score (nSPS) is 9.00. The molecule has 0 aliphatic rings. The number of unbranched alkanes of at least 4 members (excludes halogenated alkanes) is 1. The first kappa shape index (κ1) is 11.9. The molecule has 0 radical (unpaired) electrons. The summed E-state index contributed by atoms with van der Waals surface area (Å²) in [6, 6.07) is 1.44. The quantitative estimate of drug-likeness (QED) is 0.524. The van der Waals surface area contributed by atoms with Gasteiger partial charge in [0.1, 0.15) is 0 Å². The van der Waals surface area contributed by atoms with Gasteiger partial charge in [-0.3, -0.25) is 0 Å². The Morgan fingerprint density at radius 1 is 1.11 bits per heavy atom. The van der Waals surface area contributed by atoms with Crippen LogP contribution in [0.5, 0.6) is 0 Å². The third kappa shape index (κ3) is 30.7. The SMILES string of the molecule is CC(C)C[SiH3].CCCC. The summed E-state index contributed by atoms with van der Waals surface area (Å²) in [5.41, 5.74) is 0. The Kier molecular flexibility index (Phi) is 14.7. The highest BCUT2D eigenvalue weighted by Gasteiger charge is 1.80. The van der Waals surface area contributed by atoms with E-state index in [2.05, 4.69) is 27.7 Å². The van der Waals surface area contributed by atoms with Crippen LogP contribution < -0.4 is 0 Å². The van der Waals surface area contributed by atoms with E-state index in [0.717, 1.165) is 5.92 Å². The van der Waals surface area contributed by atoms with E-state index in [4.69, 9.17) is 0 Å². The van der Waals surface area contributed by atoms with E-state index in [1.807, 2.05) is 0 Å². The summed E-state index contributed by atoms with van der Waals surface area (Å²) >= 11 is 0. The molecule has 0 aliphatic heterocycles. The Hall–Kier alpha value is 0.217. The van der Waals surface area contributed by atoms with Gasteiger partial charge in [0.25, 0.3) is 0 Å². The topological polar surface area (TPSA) is 0 Å². The Balaban J connectivity index is 0. The maximum absolute atomic E-state index is 2.26. The summed E-state index contributed by atoms with van der Waals surface area (Å²) < 4.78 is 0. The van der Waals surface area contributed by atoms with Crippen molar-refractivity contribution in [3.8, 4) is 0 Å². The Morgan fingerprint density at radius 3 is 1.33 bits per heavy atom. The summed E-state index contributed by atoms with van der Waals surface area (Å²) in [6.45, 7) is 8.88. The molecule has 58 valence electrons. The lowest BCUT2D eigenvalue weighted by molar-refractivity contribution is 0.735. The summed E-state index contributed by atoms with van der Waals surface area (Å²) in [5.74, 6) is 0.946. The van der Waals surface area contributed by atoms with Crippen LogP contribution in [0.2, 0.25) is 6.04 Å². The zero-order valence-electron chi connectivity index (χ0n) is 7.70. The molecule has 0 spiro atoms. The first-order chi connectivity index (χ1) is 4.18. The number of rotatable bonds is 2. The molecule has 0 N–H and O–H groups in total. The Labute approximate surface area is 63.5 Å². The molecule has 0 saturated heterocycles. The van der Waals surface area contributed by atoms with Crippen LogP contribution in [0.3, 0.4) is 0 Å². The lowest BCUT2D eigenvalue weighted by atomic mass is 10.3. The number of hydrogen-bond donors (Lipinski definition) is 0. The van der Waals surface area contributed by atoms with Crippen molar-refractivity contribution < 1.29 is 0 Å². The average molecular weight is 146 g/mol. The fourth-order valence-electron chi connectivity index (χ4n) is 0. The predicted molar refractivity (Wildman–Crippen MR) is 50.2 cm³/mol. The minimum absolute atomic E-state index is 0.946. The molecule has 1 heteroatoms. The van der Waals surface area contributed by atoms with Gasteiger partial charge in [-0.25, -0.2) is 0 Å². The van der Waals surface area contributed by atoms with Gasteiger partial charge in [0.2, 0.25) is 0 Å². The van der Waals surface area contributed by atoms with Gasteiger partial charge in [-0.05, 0) is 0 Å².